The van der Waals surface area contributed by atoms with Gasteiger partial charge in [-0.15, -0.1) is 0 Å². The molecule has 0 aliphatic rings. The predicted octanol–water partition coefficient (Wildman–Crippen LogP) is 5.34. The molecule has 1 aromatic carbocycles. The summed E-state index contributed by atoms with van der Waals surface area (Å²) in [5, 5.41) is 11.8. The fourth-order valence-electron chi connectivity index (χ4n) is 4.43. The number of aromatic amines is 2. The highest BCUT2D eigenvalue weighted by Crippen LogP contribution is 2.34. The maximum Gasteiger partial charge on any atom is 0.135 e. The van der Waals surface area contributed by atoms with Crippen LogP contribution in [0.4, 0.5) is 10.1 Å². The summed E-state index contributed by atoms with van der Waals surface area (Å²) >= 11 is 0. The van der Waals surface area contributed by atoms with Crippen molar-refractivity contribution in [3.8, 4) is 33.9 Å². The van der Waals surface area contributed by atoms with Crippen LogP contribution in [0.1, 0.15) is 0 Å². The van der Waals surface area contributed by atoms with Gasteiger partial charge in [-0.25, -0.2) is 9.37 Å². The maximum atomic E-state index is 14.6. The number of aromatic nitrogens is 6. The molecule has 5 heterocycles. The van der Waals surface area contributed by atoms with Crippen molar-refractivity contribution < 1.29 is 4.39 Å². The molecule has 3 N–H and O–H groups in total. The quantitative estimate of drug-likeness (QED) is 0.278. The van der Waals surface area contributed by atoms with Crippen molar-refractivity contribution in [1.29, 1.82) is 0 Å². The molecule has 0 saturated heterocycles. The van der Waals surface area contributed by atoms with Gasteiger partial charge < -0.3 is 15.2 Å². The highest BCUT2D eigenvalue weighted by atomic mass is 19.1. The summed E-state index contributed by atoms with van der Waals surface area (Å²) in [5.41, 5.74) is 7.92. The minimum Gasteiger partial charge on any atom is -0.384 e. The Hall–Kier alpha value is -4.63. The van der Waals surface area contributed by atoms with Crippen LogP contribution >= 0.6 is 0 Å². The molecule has 0 saturated carbocycles. The van der Waals surface area contributed by atoms with Gasteiger partial charge in [0.2, 0.25) is 0 Å². The molecule has 6 aromatic rings. The second-order valence-electron chi connectivity index (χ2n) is 9.16. The van der Waals surface area contributed by atoms with Crippen LogP contribution in [0.3, 0.4) is 0 Å². The first-order valence-corrected chi connectivity index (χ1v) is 12.0. The number of pyridine rings is 3. The number of likely N-dealkylation sites (N-methyl/N-ethyl adjacent to an activating group) is 1. The fraction of sp³-hybridized carbons (Fsp3) is 0.143. The number of hydrogen-bond acceptors (Lipinski definition) is 6. The highest BCUT2D eigenvalue weighted by molar-refractivity contribution is 5.99. The van der Waals surface area contributed by atoms with Crippen molar-refractivity contribution in [3.05, 3.63) is 79.0 Å². The predicted molar refractivity (Wildman–Crippen MR) is 145 cm³/mol. The minimum atomic E-state index is -0.314. The molecule has 0 radical (unpaired) electrons. The molecule has 0 unspecified atom stereocenters. The Bertz CT molecular complexity index is 1700. The molecule has 0 bridgehead atoms. The van der Waals surface area contributed by atoms with Crippen LogP contribution in [0.5, 0.6) is 0 Å². The monoisotopic (exact) mass is 492 g/mol. The van der Waals surface area contributed by atoms with Gasteiger partial charge in [-0.3, -0.25) is 15.1 Å². The van der Waals surface area contributed by atoms with Crippen LogP contribution in [0, 0.1) is 5.82 Å². The van der Waals surface area contributed by atoms with E-state index in [0.29, 0.717) is 23.5 Å². The average Bonchev–Trinajstić information content (AvgIpc) is 3.52. The third-order valence-corrected chi connectivity index (χ3v) is 6.25. The van der Waals surface area contributed by atoms with Crippen LogP contribution in [-0.4, -0.2) is 62.2 Å². The van der Waals surface area contributed by atoms with E-state index in [1.807, 2.05) is 56.6 Å². The van der Waals surface area contributed by atoms with E-state index in [1.54, 1.807) is 18.6 Å². The van der Waals surface area contributed by atoms with Crippen molar-refractivity contribution in [2.45, 2.75) is 0 Å². The zero-order valence-corrected chi connectivity index (χ0v) is 20.5. The zero-order valence-electron chi connectivity index (χ0n) is 20.5. The Kier molecular flexibility index (Phi) is 5.82. The van der Waals surface area contributed by atoms with Crippen LogP contribution in [0.2, 0.25) is 0 Å². The first-order chi connectivity index (χ1) is 18.0. The van der Waals surface area contributed by atoms with Gasteiger partial charge in [0.15, 0.2) is 0 Å². The molecule has 0 aliphatic heterocycles. The van der Waals surface area contributed by atoms with E-state index >= 15 is 0 Å². The third-order valence-electron chi connectivity index (χ3n) is 6.25. The van der Waals surface area contributed by atoms with Gasteiger partial charge in [-0.1, -0.05) is 0 Å². The molecule has 0 fully saturated rings. The van der Waals surface area contributed by atoms with Gasteiger partial charge in [-0.2, -0.15) is 5.10 Å². The Balaban J connectivity index is 1.41. The maximum absolute atomic E-state index is 14.6. The number of nitrogens with one attached hydrogen (secondary N) is 3. The van der Waals surface area contributed by atoms with E-state index in [2.05, 4.69) is 35.4 Å². The lowest BCUT2D eigenvalue weighted by molar-refractivity contribution is 0.425. The SMILES string of the molecule is CN(C)CCNc1cc(F)cc(-c2nccc3[nH]c(-c4n[nH]c5ccc(-c6ccncc6)nc45)cc23)c1. The highest BCUT2D eigenvalue weighted by Gasteiger charge is 2.16. The molecule has 37 heavy (non-hydrogen) atoms. The molecule has 5 aromatic heterocycles. The number of halogens is 1. The number of anilines is 1. The summed E-state index contributed by atoms with van der Waals surface area (Å²) in [7, 11) is 4.01. The van der Waals surface area contributed by atoms with Crippen molar-refractivity contribution in [1.82, 2.24) is 35.0 Å². The van der Waals surface area contributed by atoms with Gasteiger partial charge in [0.1, 0.15) is 17.0 Å². The van der Waals surface area contributed by atoms with E-state index in [0.717, 1.165) is 51.1 Å². The van der Waals surface area contributed by atoms with Gasteiger partial charge >= 0.3 is 0 Å². The Labute approximate surface area is 212 Å². The molecular formula is C28H25FN8. The number of H-pyrrole nitrogens is 2. The van der Waals surface area contributed by atoms with Crippen molar-refractivity contribution in [3.63, 3.8) is 0 Å². The van der Waals surface area contributed by atoms with E-state index in [4.69, 9.17) is 4.98 Å². The molecule has 0 amide bonds. The van der Waals surface area contributed by atoms with Gasteiger partial charge in [-0.05, 0) is 68.7 Å². The van der Waals surface area contributed by atoms with Crippen LogP contribution in [0.15, 0.2) is 73.2 Å². The van der Waals surface area contributed by atoms with E-state index < -0.39 is 0 Å². The molecule has 6 rings (SSSR count). The first kappa shape index (κ1) is 22.8. The summed E-state index contributed by atoms with van der Waals surface area (Å²) in [6.07, 6.45) is 5.23. The largest absolute Gasteiger partial charge is 0.384 e. The number of benzene rings is 1. The Morgan fingerprint density at radius 3 is 2.59 bits per heavy atom. The number of rotatable bonds is 7. The second-order valence-corrected chi connectivity index (χ2v) is 9.16. The van der Waals surface area contributed by atoms with E-state index in [1.165, 1.54) is 12.1 Å². The molecule has 0 atom stereocenters. The molecule has 0 aliphatic carbocycles. The lowest BCUT2D eigenvalue weighted by Crippen LogP contribution is -2.20. The molecular weight excluding hydrogens is 467 g/mol. The van der Waals surface area contributed by atoms with Crippen molar-refractivity contribution >= 4 is 27.6 Å². The fourth-order valence-corrected chi connectivity index (χ4v) is 4.43. The number of hydrogen-bond donors (Lipinski definition) is 3. The third kappa shape index (κ3) is 4.52. The summed E-state index contributed by atoms with van der Waals surface area (Å²) in [6, 6.07) is 16.6. The van der Waals surface area contributed by atoms with E-state index in [-0.39, 0.29) is 5.82 Å². The molecule has 8 nitrogen and oxygen atoms in total. The van der Waals surface area contributed by atoms with Crippen LogP contribution < -0.4 is 5.32 Å². The van der Waals surface area contributed by atoms with Gasteiger partial charge in [0.25, 0.3) is 0 Å². The normalized spacial score (nSPS) is 11.6. The van der Waals surface area contributed by atoms with Crippen molar-refractivity contribution in [2.24, 2.45) is 0 Å². The number of nitrogens with zero attached hydrogens (tertiary/aromatic N) is 5. The Morgan fingerprint density at radius 2 is 1.76 bits per heavy atom. The van der Waals surface area contributed by atoms with Crippen molar-refractivity contribution in [2.75, 3.05) is 32.5 Å². The average molecular weight is 493 g/mol. The second kappa shape index (κ2) is 9.44. The Morgan fingerprint density at radius 1 is 0.892 bits per heavy atom. The standard InChI is InChI=1S/C28H25FN8/c1-37(2)12-11-31-20-14-18(13-19(29)15-20)26-21-16-25(33-23(21)7-10-32-26)28-27-24(35-36-28)4-3-22(34-27)17-5-8-30-9-6-17/h3-10,13-16,31,33H,11-12H2,1-2H3,(H,35,36). The van der Waals surface area contributed by atoms with Crippen LogP contribution in [0.25, 0.3) is 55.8 Å². The summed E-state index contributed by atoms with van der Waals surface area (Å²) in [5.74, 6) is -0.314. The number of fused-ring (bicyclic) bond motifs is 2. The van der Waals surface area contributed by atoms with Gasteiger partial charge in [0, 0.05) is 59.4 Å². The summed E-state index contributed by atoms with van der Waals surface area (Å²) in [6.45, 7) is 1.55. The zero-order chi connectivity index (χ0) is 25.4. The summed E-state index contributed by atoms with van der Waals surface area (Å²) < 4.78 is 14.6. The summed E-state index contributed by atoms with van der Waals surface area (Å²) in [4.78, 5) is 19.1. The molecule has 9 heteroatoms. The van der Waals surface area contributed by atoms with E-state index in [9.17, 15) is 4.39 Å². The molecule has 184 valence electrons. The lowest BCUT2D eigenvalue weighted by atomic mass is 10.1. The topological polar surface area (TPSA) is 98.4 Å². The van der Waals surface area contributed by atoms with Gasteiger partial charge in [0.05, 0.1) is 22.6 Å². The lowest BCUT2D eigenvalue weighted by Gasteiger charge is -2.12. The first-order valence-electron chi connectivity index (χ1n) is 12.0. The minimum absolute atomic E-state index is 0.314. The van der Waals surface area contributed by atoms with Crippen LogP contribution in [-0.2, 0) is 0 Å². The smallest absolute Gasteiger partial charge is 0.135 e. The molecule has 0 spiro atoms.